The summed E-state index contributed by atoms with van der Waals surface area (Å²) >= 11 is 0. The van der Waals surface area contributed by atoms with E-state index in [9.17, 15) is 14.9 Å². The summed E-state index contributed by atoms with van der Waals surface area (Å²) in [5.74, 6) is -0.364. The fourth-order valence-electron chi connectivity index (χ4n) is 3.33. The average molecular weight is 333 g/mol. The second-order valence-corrected chi connectivity index (χ2v) is 6.45. The molecule has 2 heterocycles. The van der Waals surface area contributed by atoms with Gasteiger partial charge in [-0.1, -0.05) is 6.07 Å². The topological polar surface area (TPSA) is 84.7 Å². The number of nitro benzene ring substituents is 1. The molecule has 7 nitrogen and oxygen atoms in total. The Labute approximate surface area is 141 Å². The molecule has 7 heteroatoms. The molecule has 1 amide bonds. The molecule has 2 aliphatic rings. The number of likely N-dealkylation sites (tertiary alicyclic amines) is 1. The van der Waals surface area contributed by atoms with Gasteiger partial charge in [-0.2, -0.15) is 0 Å². The molecular weight excluding hydrogens is 310 g/mol. The molecule has 24 heavy (non-hydrogen) atoms. The van der Waals surface area contributed by atoms with Crippen molar-refractivity contribution in [3.05, 3.63) is 39.4 Å². The van der Waals surface area contributed by atoms with Crippen molar-refractivity contribution < 1.29 is 14.5 Å². The van der Waals surface area contributed by atoms with Crippen molar-refractivity contribution in [3.8, 4) is 0 Å². The minimum Gasteiger partial charge on any atom is -0.381 e. The van der Waals surface area contributed by atoms with Crippen LogP contribution in [0.1, 0.15) is 41.6 Å². The summed E-state index contributed by atoms with van der Waals surface area (Å²) in [6, 6.07) is 4.89. The Morgan fingerprint density at radius 2 is 2.00 bits per heavy atom. The summed E-state index contributed by atoms with van der Waals surface area (Å²) in [6.07, 6.45) is 3.86. The molecule has 2 fully saturated rings. The minimum absolute atomic E-state index is 0.0214. The molecule has 0 spiro atoms. The zero-order valence-electron chi connectivity index (χ0n) is 13.7. The molecule has 0 atom stereocenters. The highest BCUT2D eigenvalue weighted by atomic mass is 16.6. The van der Waals surface area contributed by atoms with Crippen LogP contribution in [0, 0.1) is 10.1 Å². The van der Waals surface area contributed by atoms with Crippen molar-refractivity contribution in [2.45, 2.75) is 38.3 Å². The summed E-state index contributed by atoms with van der Waals surface area (Å²) in [7, 11) is 0. The van der Waals surface area contributed by atoms with Crippen LogP contribution in [0.25, 0.3) is 0 Å². The van der Waals surface area contributed by atoms with E-state index in [-0.39, 0.29) is 23.2 Å². The minimum atomic E-state index is -0.488. The summed E-state index contributed by atoms with van der Waals surface area (Å²) < 4.78 is 5.28. The zero-order chi connectivity index (χ0) is 16.9. The third-order valence-corrected chi connectivity index (χ3v) is 4.66. The van der Waals surface area contributed by atoms with Gasteiger partial charge >= 0.3 is 0 Å². The number of hydrogen-bond donors (Lipinski definition) is 1. The molecule has 0 bridgehead atoms. The van der Waals surface area contributed by atoms with Gasteiger partial charge in [-0.15, -0.1) is 0 Å². The maximum atomic E-state index is 12.6. The smallest absolute Gasteiger partial charge is 0.282 e. The molecule has 1 aromatic rings. The standard InChI is InChI=1S/C17H23N3O4/c21-17(18-14-5-9-24-10-6-14)15-11-13(3-4-16(15)20(22)23)12-19-7-1-2-8-19/h3-4,11,14H,1-2,5-10,12H2,(H,18,21). The van der Waals surface area contributed by atoms with Crippen LogP contribution in [0.5, 0.6) is 0 Å². The van der Waals surface area contributed by atoms with Crippen molar-refractivity contribution >= 4 is 11.6 Å². The third kappa shape index (κ3) is 4.10. The van der Waals surface area contributed by atoms with Crippen LogP contribution in [0.2, 0.25) is 0 Å². The van der Waals surface area contributed by atoms with E-state index in [2.05, 4.69) is 10.2 Å². The molecule has 2 saturated heterocycles. The van der Waals surface area contributed by atoms with E-state index in [1.807, 2.05) is 0 Å². The van der Waals surface area contributed by atoms with E-state index in [4.69, 9.17) is 4.74 Å². The van der Waals surface area contributed by atoms with Crippen LogP contribution in [0.15, 0.2) is 18.2 Å². The molecule has 2 aliphatic heterocycles. The van der Waals surface area contributed by atoms with Gasteiger partial charge in [-0.25, -0.2) is 0 Å². The number of carbonyl (C=O) groups is 1. The highest BCUT2D eigenvalue weighted by Crippen LogP contribution is 2.22. The normalized spacial score (nSPS) is 19.3. The predicted molar refractivity (Wildman–Crippen MR) is 88.9 cm³/mol. The lowest BCUT2D eigenvalue weighted by molar-refractivity contribution is -0.385. The van der Waals surface area contributed by atoms with Gasteiger partial charge in [0.2, 0.25) is 0 Å². The van der Waals surface area contributed by atoms with Gasteiger partial charge < -0.3 is 10.1 Å². The number of carbonyl (C=O) groups excluding carboxylic acids is 1. The fourth-order valence-corrected chi connectivity index (χ4v) is 3.33. The second-order valence-electron chi connectivity index (χ2n) is 6.45. The Hall–Kier alpha value is -1.99. The molecule has 1 N–H and O–H groups in total. The summed E-state index contributed by atoms with van der Waals surface area (Å²) in [5.41, 5.74) is 0.965. The molecule has 1 aromatic carbocycles. The van der Waals surface area contributed by atoms with Crippen LogP contribution in [-0.4, -0.2) is 48.1 Å². The lowest BCUT2D eigenvalue weighted by Gasteiger charge is -2.23. The first-order chi connectivity index (χ1) is 11.6. The van der Waals surface area contributed by atoms with Crippen LogP contribution in [0.3, 0.4) is 0 Å². The van der Waals surface area contributed by atoms with E-state index in [1.165, 1.54) is 18.9 Å². The Balaban J connectivity index is 1.76. The van der Waals surface area contributed by atoms with Crippen LogP contribution >= 0.6 is 0 Å². The number of amides is 1. The van der Waals surface area contributed by atoms with E-state index in [0.717, 1.165) is 38.0 Å². The fraction of sp³-hybridized carbons (Fsp3) is 0.588. The number of benzene rings is 1. The Kier molecular flexibility index (Phi) is 5.42. The van der Waals surface area contributed by atoms with Crippen LogP contribution in [0.4, 0.5) is 5.69 Å². The predicted octanol–water partition coefficient (Wildman–Crippen LogP) is 2.10. The molecule has 0 saturated carbocycles. The second kappa shape index (κ2) is 7.72. The highest BCUT2D eigenvalue weighted by molar-refractivity contribution is 5.98. The summed E-state index contributed by atoms with van der Waals surface area (Å²) in [6.45, 7) is 4.04. The number of hydrogen-bond acceptors (Lipinski definition) is 5. The van der Waals surface area contributed by atoms with Crippen molar-refractivity contribution in [3.63, 3.8) is 0 Å². The van der Waals surface area contributed by atoms with Crippen molar-refractivity contribution in [1.82, 2.24) is 10.2 Å². The largest absolute Gasteiger partial charge is 0.381 e. The van der Waals surface area contributed by atoms with Gasteiger partial charge in [-0.05, 0) is 50.4 Å². The van der Waals surface area contributed by atoms with Gasteiger partial charge in [0.1, 0.15) is 5.56 Å². The first kappa shape index (κ1) is 16.9. The van der Waals surface area contributed by atoms with E-state index >= 15 is 0 Å². The van der Waals surface area contributed by atoms with Gasteiger partial charge in [0, 0.05) is 31.9 Å². The SMILES string of the molecule is O=C(NC1CCOCC1)c1cc(CN2CCCC2)ccc1[N+](=O)[O-]. The quantitative estimate of drug-likeness (QED) is 0.659. The van der Waals surface area contributed by atoms with Gasteiger partial charge in [-0.3, -0.25) is 19.8 Å². The molecule has 0 radical (unpaired) electrons. The third-order valence-electron chi connectivity index (χ3n) is 4.66. The Morgan fingerprint density at radius 1 is 1.29 bits per heavy atom. The number of nitrogens with one attached hydrogen (secondary N) is 1. The van der Waals surface area contributed by atoms with E-state index in [0.29, 0.717) is 13.2 Å². The lowest BCUT2D eigenvalue weighted by Crippen LogP contribution is -2.39. The molecule has 0 aromatic heterocycles. The van der Waals surface area contributed by atoms with E-state index in [1.54, 1.807) is 12.1 Å². The molecule has 130 valence electrons. The van der Waals surface area contributed by atoms with E-state index < -0.39 is 4.92 Å². The van der Waals surface area contributed by atoms with Crippen molar-refractivity contribution in [2.24, 2.45) is 0 Å². The monoisotopic (exact) mass is 333 g/mol. The van der Waals surface area contributed by atoms with Crippen molar-refractivity contribution in [2.75, 3.05) is 26.3 Å². The first-order valence-corrected chi connectivity index (χ1v) is 8.52. The highest BCUT2D eigenvalue weighted by Gasteiger charge is 2.24. The summed E-state index contributed by atoms with van der Waals surface area (Å²) in [4.78, 5) is 25.6. The average Bonchev–Trinajstić information content (AvgIpc) is 3.08. The van der Waals surface area contributed by atoms with Crippen LogP contribution in [-0.2, 0) is 11.3 Å². The lowest BCUT2D eigenvalue weighted by atomic mass is 10.0. The van der Waals surface area contributed by atoms with Gasteiger partial charge in [0.25, 0.3) is 11.6 Å². The first-order valence-electron chi connectivity index (χ1n) is 8.52. The summed E-state index contributed by atoms with van der Waals surface area (Å²) in [5, 5.41) is 14.2. The Bertz CT molecular complexity index is 608. The maximum absolute atomic E-state index is 12.6. The van der Waals surface area contributed by atoms with Gasteiger partial charge in [0.15, 0.2) is 0 Å². The number of nitro groups is 1. The maximum Gasteiger partial charge on any atom is 0.282 e. The number of nitrogens with zero attached hydrogens (tertiary/aromatic N) is 2. The number of ether oxygens (including phenoxy) is 1. The van der Waals surface area contributed by atoms with Gasteiger partial charge in [0.05, 0.1) is 4.92 Å². The molecule has 0 aliphatic carbocycles. The van der Waals surface area contributed by atoms with Crippen molar-refractivity contribution in [1.29, 1.82) is 0 Å². The molecular formula is C17H23N3O4. The Morgan fingerprint density at radius 3 is 2.67 bits per heavy atom. The number of rotatable bonds is 5. The molecule has 3 rings (SSSR count). The van der Waals surface area contributed by atoms with Crippen LogP contribution < -0.4 is 5.32 Å². The zero-order valence-corrected chi connectivity index (χ0v) is 13.7. The molecule has 0 unspecified atom stereocenters.